The molecule has 0 aromatic carbocycles. The normalized spacial score (nSPS) is 29.3. The average molecular weight is 497 g/mol. The van der Waals surface area contributed by atoms with Crippen molar-refractivity contribution < 1.29 is 8.42 Å². The van der Waals surface area contributed by atoms with Crippen LogP contribution in [0.1, 0.15) is 58.8 Å². The first-order valence-electron chi connectivity index (χ1n) is 10.2. The van der Waals surface area contributed by atoms with E-state index in [0.29, 0.717) is 24.1 Å². The molecular weight excluding hydrogens is 461 g/mol. The van der Waals surface area contributed by atoms with Crippen molar-refractivity contribution in [1.82, 2.24) is 10.2 Å². The highest BCUT2D eigenvalue weighted by molar-refractivity contribution is 14.0. The van der Waals surface area contributed by atoms with Crippen LogP contribution in [0.4, 0.5) is 0 Å². The van der Waals surface area contributed by atoms with Gasteiger partial charge in [0.2, 0.25) is 0 Å². The summed E-state index contributed by atoms with van der Waals surface area (Å²) in [6.07, 6.45) is 8.40. The van der Waals surface area contributed by atoms with Gasteiger partial charge in [0.05, 0.1) is 11.5 Å². The van der Waals surface area contributed by atoms with Crippen LogP contribution in [-0.4, -0.2) is 56.5 Å². The van der Waals surface area contributed by atoms with Crippen molar-refractivity contribution in [3.8, 4) is 0 Å². The quantitative estimate of drug-likeness (QED) is 0.360. The minimum atomic E-state index is -2.81. The zero-order valence-electron chi connectivity index (χ0n) is 16.3. The highest BCUT2D eigenvalue weighted by Crippen LogP contribution is 2.25. The Bertz CT molecular complexity index is 573. The Morgan fingerprint density at radius 2 is 1.88 bits per heavy atom. The van der Waals surface area contributed by atoms with Crippen LogP contribution >= 0.6 is 24.0 Å². The summed E-state index contributed by atoms with van der Waals surface area (Å²) >= 11 is 0. The Kier molecular flexibility index (Phi) is 8.50. The van der Waals surface area contributed by atoms with Gasteiger partial charge in [0.15, 0.2) is 15.8 Å². The first-order valence-corrected chi connectivity index (χ1v) is 12.0. The first-order chi connectivity index (χ1) is 11.9. The second-order valence-electron chi connectivity index (χ2n) is 8.79. The van der Waals surface area contributed by atoms with Crippen molar-refractivity contribution in [3.63, 3.8) is 0 Å². The van der Waals surface area contributed by atoms with Gasteiger partial charge in [-0.1, -0.05) is 26.7 Å². The molecule has 1 aliphatic carbocycles. The van der Waals surface area contributed by atoms with Crippen LogP contribution < -0.4 is 5.32 Å². The second kappa shape index (κ2) is 9.94. The molecule has 3 fully saturated rings. The molecule has 0 amide bonds. The topological polar surface area (TPSA) is 61.8 Å². The molecule has 26 heavy (non-hydrogen) atoms. The lowest BCUT2D eigenvalue weighted by atomic mass is 9.97. The molecule has 1 saturated carbocycles. The van der Waals surface area contributed by atoms with E-state index < -0.39 is 9.84 Å². The third-order valence-corrected chi connectivity index (χ3v) is 7.74. The van der Waals surface area contributed by atoms with Crippen molar-refractivity contribution in [2.75, 3.05) is 31.1 Å². The molecule has 2 aliphatic heterocycles. The zero-order chi connectivity index (χ0) is 17.9. The summed E-state index contributed by atoms with van der Waals surface area (Å²) in [5.74, 6) is 3.43. The summed E-state index contributed by atoms with van der Waals surface area (Å²) in [6, 6.07) is 0.551. The number of aliphatic imine (C=N–C) groups is 1. The summed E-state index contributed by atoms with van der Waals surface area (Å²) in [5, 5.41) is 3.70. The third kappa shape index (κ3) is 6.53. The van der Waals surface area contributed by atoms with Crippen molar-refractivity contribution >= 4 is 39.8 Å². The molecule has 0 bridgehead atoms. The van der Waals surface area contributed by atoms with Crippen LogP contribution in [0.5, 0.6) is 0 Å². The molecule has 3 rings (SSSR count). The predicted molar refractivity (Wildman–Crippen MR) is 119 cm³/mol. The van der Waals surface area contributed by atoms with E-state index in [0.717, 1.165) is 37.3 Å². The average Bonchev–Trinajstić information content (AvgIpc) is 3.24. The van der Waals surface area contributed by atoms with E-state index in [-0.39, 0.29) is 29.9 Å². The molecule has 2 atom stereocenters. The predicted octanol–water partition coefficient (Wildman–Crippen LogP) is 3.30. The number of halogens is 1. The Balaban J connectivity index is 0.00000243. The van der Waals surface area contributed by atoms with E-state index in [2.05, 4.69) is 24.1 Å². The maximum absolute atomic E-state index is 11.7. The van der Waals surface area contributed by atoms with Gasteiger partial charge in [-0.15, -0.1) is 24.0 Å². The van der Waals surface area contributed by atoms with Crippen molar-refractivity contribution in [2.24, 2.45) is 22.7 Å². The molecule has 2 unspecified atom stereocenters. The van der Waals surface area contributed by atoms with Crippen molar-refractivity contribution in [1.29, 1.82) is 0 Å². The molecule has 2 heterocycles. The highest BCUT2D eigenvalue weighted by atomic mass is 127. The number of nitrogens with zero attached hydrogens (tertiary/aromatic N) is 2. The number of rotatable bonds is 5. The van der Waals surface area contributed by atoms with E-state index in [1.165, 1.54) is 38.5 Å². The smallest absolute Gasteiger partial charge is 0.194 e. The van der Waals surface area contributed by atoms with E-state index in [9.17, 15) is 8.42 Å². The minimum absolute atomic E-state index is 0. The van der Waals surface area contributed by atoms with Gasteiger partial charge >= 0.3 is 0 Å². The van der Waals surface area contributed by atoms with Crippen molar-refractivity contribution in [3.05, 3.63) is 0 Å². The SMILES string of the molecule is CC(C)CC1CCN(C(=NCC2CCS(=O)(=O)C2)NC2CCCC2)C1.I. The molecule has 0 radical (unpaired) electrons. The lowest BCUT2D eigenvalue weighted by molar-refractivity contribution is 0.398. The van der Waals surface area contributed by atoms with E-state index >= 15 is 0 Å². The number of sulfone groups is 1. The fourth-order valence-corrected chi connectivity index (χ4v) is 6.45. The zero-order valence-corrected chi connectivity index (χ0v) is 19.5. The van der Waals surface area contributed by atoms with Gasteiger partial charge in [0.25, 0.3) is 0 Å². The van der Waals surface area contributed by atoms with Crippen molar-refractivity contribution in [2.45, 2.75) is 64.8 Å². The second-order valence-corrected chi connectivity index (χ2v) is 11.0. The molecule has 2 saturated heterocycles. The van der Waals surface area contributed by atoms with Crippen LogP contribution in [0, 0.1) is 17.8 Å². The van der Waals surface area contributed by atoms with Crippen LogP contribution in [0.15, 0.2) is 4.99 Å². The number of guanidine groups is 1. The molecule has 0 aromatic rings. The first kappa shape index (κ1) is 22.2. The molecule has 1 N–H and O–H groups in total. The maximum atomic E-state index is 11.7. The van der Waals surface area contributed by atoms with Gasteiger partial charge in [0, 0.05) is 25.7 Å². The summed E-state index contributed by atoms with van der Waals surface area (Å²) in [7, 11) is -2.81. The van der Waals surface area contributed by atoms with Crippen LogP contribution in [0.3, 0.4) is 0 Å². The third-order valence-electron chi connectivity index (χ3n) is 5.90. The summed E-state index contributed by atoms with van der Waals surface area (Å²) in [5.41, 5.74) is 0. The Morgan fingerprint density at radius 3 is 2.50 bits per heavy atom. The fourth-order valence-electron chi connectivity index (χ4n) is 4.61. The van der Waals surface area contributed by atoms with E-state index in [4.69, 9.17) is 4.99 Å². The van der Waals surface area contributed by atoms with E-state index in [1.807, 2.05) is 0 Å². The lowest BCUT2D eigenvalue weighted by Gasteiger charge is -2.26. The fraction of sp³-hybridized carbons (Fsp3) is 0.947. The molecule has 152 valence electrons. The van der Waals surface area contributed by atoms with Gasteiger partial charge in [-0.3, -0.25) is 4.99 Å². The van der Waals surface area contributed by atoms with E-state index in [1.54, 1.807) is 0 Å². The monoisotopic (exact) mass is 497 g/mol. The molecule has 5 nitrogen and oxygen atoms in total. The van der Waals surface area contributed by atoms with Crippen LogP contribution in [0.2, 0.25) is 0 Å². The molecule has 0 spiro atoms. The number of hydrogen-bond donors (Lipinski definition) is 1. The number of nitrogens with one attached hydrogen (secondary N) is 1. The Morgan fingerprint density at radius 1 is 1.15 bits per heavy atom. The van der Waals surface area contributed by atoms with Crippen LogP contribution in [-0.2, 0) is 9.84 Å². The molecule has 7 heteroatoms. The minimum Gasteiger partial charge on any atom is -0.354 e. The van der Waals surface area contributed by atoms with Gasteiger partial charge in [-0.2, -0.15) is 0 Å². The summed E-state index contributed by atoms with van der Waals surface area (Å²) in [6.45, 7) is 7.43. The van der Waals surface area contributed by atoms with Gasteiger partial charge in [0.1, 0.15) is 0 Å². The standard InChI is InChI=1S/C19H35N3O2S.HI/c1-15(2)11-16-7-9-22(13-16)19(21-18-5-3-4-6-18)20-12-17-8-10-25(23,24)14-17;/h15-18H,3-14H2,1-2H3,(H,20,21);1H. The van der Waals surface area contributed by atoms with Gasteiger partial charge in [-0.05, 0) is 49.9 Å². The summed E-state index contributed by atoms with van der Waals surface area (Å²) < 4.78 is 23.4. The number of likely N-dealkylation sites (tertiary alicyclic amines) is 1. The van der Waals surface area contributed by atoms with Gasteiger partial charge < -0.3 is 10.2 Å². The molecule has 3 aliphatic rings. The largest absolute Gasteiger partial charge is 0.354 e. The molecular formula is C19H36IN3O2S. The molecule has 0 aromatic heterocycles. The lowest BCUT2D eigenvalue weighted by Crippen LogP contribution is -2.44. The van der Waals surface area contributed by atoms with Crippen LogP contribution in [0.25, 0.3) is 0 Å². The highest BCUT2D eigenvalue weighted by Gasteiger charge is 2.30. The Labute approximate surface area is 176 Å². The summed E-state index contributed by atoms with van der Waals surface area (Å²) in [4.78, 5) is 7.32. The Hall–Kier alpha value is -0.0500. The maximum Gasteiger partial charge on any atom is 0.194 e. The van der Waals surface area contributed by atoms with Gasteiger partial charge in [-0.25, -0.2) is 8.42 Å². The number of hydrogen-bond acceptors (Lipinski definition) is 3.